The van der Waals surface area contributed by atoms with Gasteiger partial charge in [0.05, 0.1) is 24.2 Å². The first-order valence-corrected chi connectivity index (χ1v) is 12.4. The van der Waals surface area contributed by atoms with Crippen molar-refractivity contribution in [1.82, 2.24) is 15.1 Å². The standard InChI is InChI=1S/C28H32N4O4/c1-30-16-26(29)23-14-24(23)27-25(28(33)34)15-31-32(27)21-6-2-4-19(12-21)20-5-3-7-22(13-20)36-17-18-8-10-35-11-9-18/h2-7,12-13,15-16,18,23-24,30H,8-11,14,17,29H2,1H3,(H,33,34)/b26-16-. The van der Waals surface area contributed by atoms with E-state index in [1.165, 1.54) is 6.20 Å². The molecule has 2 fully saturated rings. The number of nitrogens with zero attached hydrogens (tertiary/aromatic N) is 2. The Morgan fingerprint density at radius 3 is 2.72 bits per heavy atom. The van der Waals surface area contributed by atoms with Gasteiger partial charge in [0.1, 0.15) is 11.3 Å². The van der Waals surface area contributed by atoms with Gasteiger partial charge in [-0.15, -0.1) is 0 Å². The highest BCUT2D eigenvalue weighted by atomic mass is 16.5. The molecule has 1 aliphatic heterocycles. The lowest BCUT2D eigenvalue weighted by Crippen LogP contribution is -2.21. The van der Waals surface area contributed by atoms with E-state index in [1.54, 1.807) is 17.9 Å². The van der Waals surface area contributed by atoms with E-state index in [4.69, 9.17) is 15.2 Å². The fraction of sp³-hybridized carbons (Fsp3) is 0.357. The molecule has 1 aromatic heterocycles. The average Bonchev–Trinajstić information content (AvgIpc) is 3.58. The fourth-order valence-corrected chi connectivity index (χ4v) is 4.93. The van der Waals surface area contributed by atoms with E-state index in [-0.39, 0.29) is 17.4 Å². The summed E-state index contributed by atoms with van der Waals surface area (Å²) in [4.78, 5) is 12.0. The molecule has 2 aliphatic rings. The number of carbonyl (C=O) groups is 1. The molecule has 2 unspecified atom stereocenters. The molecule has 2 heterocycles. The molecule has 1 saturated heterocycles. The Hall–Kier alpha value is -3.78. The zero-order valence-corrected chi connectivity index (χ0v) is 20.4. The van der Waals surface area contributed by atoms with Crippen LogP contribution < -0.4 is 15.8 Å². The van der Waals surface area contributed by atoms with Crippen molar-refractivity contribution in [2.75, 3.05) is 26.9 Å². The van der Waals surface area contributed by atoms with E-state index in [0.29, 0.717) is 18.2 Å². The van der Waals surface area contributed by atoms with Crippen molar-refractivity contribution in [2.24, 2.45) is 17.6 Å². The van der Waals surface area contributed by atoms with Gasteiger partial charge in [0.2, 0.25) is 0 Å². The summed E-state index contributed by atoms with van der Waals surface area (Å²) in [7, 11) is 1.80. The topological polar surface area (TPSA) is 112 Å². The van der Waals surface area contributed by atoms with Gasteiger partial charge in [-0.2, -0.15) is 5.10 Å². The smallest absolute Gasteiger partial charge is 0.339 e. The lowest BCUT2D eigenvalue weighted by Gasteiger charge is -2.22. The maximum Gasteiger partial charge on any atom is 0.339 e. The number of benzene rings is 2. The average molecular weight is 489 g/mol. The highest BCUT2D eigenvalue weighted by Crippen LogP contribution is 2.51. The zero-order valence-electron chi connectivity index (χ0n) is 20.4. The van der Waals surface area contributed by atoms with Gasteiger partial charge >= 0.3 is 5.97 Å². The molecule has 0 amide bonds. The van der Waals surface area contributed by atoms with Crippen molar-refractivity contribution in [3.05, 3.63) is 77.9 Å². The molecule has 36 heavy (non-hydrogen) atoms. The number of ether oxygens (including phenoxy) is 2. The van der Waals surface area contributed by atoms with Gasteiger partial charge < -0.3 is 25.6 Å². The molecule has 3 aromatic rings. The van der Waals surface area contributed by atoms with E-state index in [0.717, 1.165) is 60.7 Å². The molecular formula is C28H32N4O4. The van der Waals surface area contributed by atoms with Crippen molar-refractivity contribution in [2.45, 2.75) is 25.2 Å². The summed E-state index contributed by atoms with van der Waals surface area (Å²) in [6, 6.07) is 16.0. The molecular weight excluding hydrogens is 456 g/mol. The minimum Gasteiger partial charge on any atom is -0.493 e. The second-order valence-corrected chi connectivity index (χ2v) is 9.49. The molecule has 2 atom stereocenters. The molecule has 0 bridgehead atoms. The summed E-state index contributed by atoms with van der Waals surface area (Å²) in [5, 5.41) is 17.2. The van der Waals surface area contributed by atoms with Gasteiger partial charge in [-0.1, -0.05) is 24.3 Å². The van der Waals surface area contributed by atoms with Crippen molar-refractivity contribution in [3.8, 4) is 22.6 Å². The van der Waals surface area contributed by atoms with Crippen LogP contribution >= 0.6 is 0 Å². The Morgan fingerprint density at radius 2 is 1.97 bits per heavy atom. The van der Waals surface area contributed by atoms with E-state index >= 15 is 0 Å². The number of hydrogen-bond acceptors (Lipinski definition) is 6. The number of nitrogens with one attached hydrogen (secondary N) is 1. The molecule has 8 heteroatoms. The Morgan fingerprint density at radius 1 is 1.22 bits per heavy atom. The summed E-state index contributed by atoms with van der Waals surface area (Å²) in [6.45, 7) is 2.30. The Bertz CT molecular complexity index is 1260. The van der Waals surface area contributed by atoms with Crippen molar-refractivity contribution >= 4 is 5.97 Å². The van der Waals surface area contributed by atoms with Crippen molar-refractivity contribution in [1.29, 1.82) is 0 Å². The predicted molar refractivity (Wildman–Crippen MR) is 137 cm³/mol. The van der Waals surface area contributed by atoms with Crippen LogP contribution in [0.2, 0.25) is 0 Å². The first-order valence-electron chi connectivity index (χ1n) is 12.4. The lowest BCUT2D eigenvalue weighted by molar-refractivity contribution is 0.0497. The minimum absolute atomic E-state index is 0.00812. The Labute approximate surface area is 210 Å². The molecule has 8 nitrogen and oxygen atoms in total. The second-order valence-electron chi connectivity index (χ2n) is 9.49. The first-order chi connectivity index (χ1) is 17.5. The normalized spacial score (nSPS) is 20.2. The van der Waals surface area contributed by atoms with Gasteiger partial charge in [-0.25, -0.2) is 9.48 Å². The summed E-state index contributed by atoms with van der Waals surface area (Å²) >= 11 is 0. The third-order valence-electron chi connectivity index (χ3n) is 7.00. The Balaban J connectivity index is 1.40. The highest BCUT2D eigenvalue weighted by molar-refractivity contribution is 5.89. The molecule has 0 radical (unpaired) electrons. The summed E-state index contributed by atoms with van der Waals surface area (Å²) in [5.74, 6) is 0.483. The molecule has 1 aliphatic carbocycles. The third-order valence-corrected chi connectivity index (χ3v) is 7.00. The van der Waals surface area contributed by atoms with Crippen LogP contribution in [0.25, 0.3) is 16.8 Å². The fourth-order valence-electron chi connectivity index (χ4n) is 4.93. The SMILES string of the molecule is CN/C=C(\N)C1CC1c1c(C(=O)O)cnn1-c1cccc(-c2cccc(OCC3CCOCC3)c2)c1. The van der Waals surface area contributed by atoms with Gasteiger partial charge in [0.25, 0.3) is 0 Å². The van der Waals surface area contributed by atoms with Gasteiger partial charge in [-0.3, -0.25) is 0 Å². The summed E-state index contributed by atoms with van der Waals surface area (Å²) in [5.41, 5.74) is 10.7. The minimum atomic E-state index is -0.983. The molecule has 2 aromatic carbocycles. The zero-order chi connectivity index (χ0) is 25.1. The number of carboxylic acids is 1. The van der Waals surface area contributed by atoms with Gasteiger partial charge in [-0.05, 0) is 60.6 Å². The van der Waals surface area contributed by atoms with E-state index in [9.17, 15) is 9.90 Å². The van der Waals surface area contributed by atoms with Crippen LogP contribution in [0.4, 0.5) is 0 Å². The van der Waals surface area contributed by atoms with Crippen LogP contribution in [-0.2, 0) is 4.74 Å². The number of aromatic carboxylic acids is 1. The first kappa shape index (κ1) is 23.9. The maximum atomic E-state index is 12.0. The van der Waals surface area contributed by atoms with Crippen LogP contribution in [0.5, 0.6) is 5.75 Å². The number of carboxylic acid groups (broad SMARTS) is 1. The number of hydrogen-bond donors (Lipinski definition) is 3. The van der Waals surface area contributed by atoms with Crippen LogP contribution in [0.3, 0.4) is 0 Å². The largest absolute Gasteiger partial charge is 0.493 e. The quantitative estimate of drug-likeness (QED) is 0.415. The van der Waals surface area contributed by atoms with E-state index < -0.39 is 5.97 Å². The monoisotopic (exact) mass is 488 g/mol. The summed E-state index contributed by atoms with van der Waals surface area (Å²) in [6.07, 6.45) is 6.06. The number of allylic oxidation sites excluding steroid dienone is 1. The highest BCUT2D eigenvalue weighted by Gasteiger charge is 2.45. The van der Waals surface area contributed by atoms with Crippen LogP contribution in [0.1, 0.15) is 41.2 Å². The van der Waals surface area contributed by atoms with E-state index in [2.05, 4.69) is 10.4 Å². The molecule has 5 rings (SSSR count). The molecule has 4 N–H and O–H groups in total. The lowest BCUT2D eigenvalue weighted by atomic mass is 10.0. The number of aromatic nitrogens is 2. The molecule has 0 spiro atoms. The molecule has 188 valence electrons. The van der Waals surface area contributed by atoms with Crippen molar-refractivity contribution < 1.29 is 19.4 Å². The molecule has 1 saturated carbocycles. The van der Waals surface area contributed by atoms with E-state index in [1.807, 2.05) is 48.5 Å². The summed E-state index contributed by atoms with van der Waals surface area (Å²) < 4.78 is 13.3. The van der Waals surface area contributed by atoms with Crippen molar-refractivity contribution in [3.63, 3.8) is 0 Å². The van der Waals surface area contributed by atoms with Gasteiger partial charge in [0.15, 0.2) is 0 Å². The number of nitrogens with two attached hydrogens (primary N) is 1. The van der Waals surface area contributed by atoms with Crippen LogP contribution in [-0.4, -0.2) is 47.7 Å². The van der Waals surface area contributed by atoms with Gasteiger partial charge in [0, 0.05) is 44.0 Å². The van der Waals surface area contributed by atoms with Crippen LogP contribution in [0.15, 0.2) is 66.6 Å². The van der Waals surface area contributed by atoms with Crippen LogP contribution in [0, 0.1) is 11.8 Å². The Kier molecular flexibility index (Phi) is 6.95. The maximum absolute atomic E-state index is 12.0. The predicted octanol–water partition coefficient (Wildman–Crippen LogP) is 4.17. The number of rotatable bonds is 9. The third kappa shape index (κ3) is 5.09. The second kappa shape index (κ2) is 10.5.